The lowest BCUT2D eigenvalue weighted by Crippen LogP contribution is -2.34. The van der Waals surface area contributed by atoms with Crippen LogP contribution < -0.4 is 16.2 Å². The number of hydrogen-bond donors (Lipinski definition) is 2. The van der Waals surface area contributed by atoms with Crippen LogP contribution in [0.15, 0.2) is 77.6 Å². The van der Waals surface area contributed by atoms with Crippen LogP contribution in [0, 0.1) is 0 Å². The predicted molar refractivity (Wildman–Crippen MR) is 140 cm³/mol. The van der Waals surface area contributed by atoms with Crippen LogP contribution in [-0.2, 0) is 9.59 Å². The zero-order valence-corrected chi connectivity index (χ0v) is 20.2. The number of rotatable bonds is 7. The Balaban J connectivity index is 1.86. The van der Waals surface area contributed by atoms with Crippen LogP contribution in [0.5, 0.6) is 0 Å². The van der Waals surface area contributed by atoms with Crippen molar-refractivity contribution >= 4 is 40.0 Å². The zero-order valence-electron chi connectivity index (χ0n) is 20.2. The molecule has 0 saturated heterocycles. The Bertz CT molecular complexity index is 1540. The van der Waals surface area contributed by atoms with E-state index in [0.29, 0.717) is 40.0 Å². The molecule has 0 aliphatic heterocycles. The fourth-order valence-electron chi connectivity index (χ4n) is 4.15. The third-order valence-electron chi connectivity index (χ3n) is 5.83. The fraction of sp³-hybridized carbons (Fsp3) is 0.179. The van der Waals surface area contributed by atoms with Crippen LogP contribution in [0.4, 0.5) is 11.4 Å². The lowest BCUT2D eigenvalue weighted by molar-refractivity contribution is -0.119. The quantitative estimate of drug-likeness (QED) is 0.367. The van der Waals surface area contributed by atoms with Gasteiger partial charge in [0.1, 0.15) is 11.7 Å². The number of anilines is 2. The van der Waals surface area contributed by atoms with E-state index in [1.807, 2.05) is 13.0 Å². The molecule has 0 radical (unpaired) electrons. The molecular weight excluding hydrogens is 456 g/mol. The molecule has 4 aromatic rings. The minimum absolute atomic E-state index is 0.114. The highest BCUT2D eigenvalue weighted by Gasteiger charge is 2.25. The topological polar surface area (TPSA) is 110 Å². The van der Waals surface area contributed by atoms with Gasteiger partial charge in [0.2, 0.25) is 11.8 Å². The van der Waals surface area contributed by atoms with Gasteiger partial charge in [-0.05, 0) is 43.7 Å². The number of benzene rings is 3. The molecule has 4 rings (SSSR count). The maximum Gasteiger partial charge on any atom is 0.278 e. The molecule has 182 valence electrons. The summed E-state index contributed by atoms with van der Waals surface area (Å²) < 4.78 is 1.45. The number of carbonyl (C=O) groups is 3. The van der Waals surface area contributed by atoms with Gasteiger partial charge < -0.3 is 10.6 Å². The molecule has 0 saturated carbocycles. The van der Waals surface area contributed by atoms with Crippen molar-refractivity contribution in [1.29, 1.82) is 0 Å². The van der Waals surface area contributed by atoms with E-state index in [-0.39, 0.29) is 17.4 Å². The largest absolute Gasteiger partial charge is 0.326 e. The first-order chi connectivity index (χ1) is 17.3. The molecule has 2 N–H and O–H groups in total. The lowest BCUT2D eigenvalue weighted by Gasteiger charge is -2.21. The van der Waals surface area contributed by atoms with Gasteiger partial charge in [-0.2, -0.15) is 0 Å². The molecule has 0 aliphatic rings. The summed E-state index contributed by atoms with van der Waals surface area (Å²) in [5.41, 5.74) is 2.58. The first-order valence-corrected chi connectivity index (χ1v) is 11.6. The number of ketones is 1. The smallest absolute Gasteiger partial charge is 0.278 e. The Morgan fingerprint density at radius 1 is 0.917 bits per heavy atom. The predicted octanol–water partition coefficient (Wildman–Crippen LogP) is 4.81. The summed E-state index contributed by atoms with van der Waals surface area (Å²) in [5, 5.41) is 5.59. The van der Waals surface area contributed by atoms with E-state index in [1.165, 1.54) is 18.4 Å². The summed E-state index contributed by atoms with van der Waals surface area (Å²) in [4.78, 5) is 55.5. The minimum atomic E-state index is -0.849. The third kappa shape index (κ3) is 4.93. The van der Waals surface area contributed by atoms with E-state index >= 15 is 0 Å². The Kier molecular flexibility index (Phi) is 7.05. The Morgan fingerprint density at radius 3 is 2.36 bits per heavy atom. The molecule has 0 fully saturated rings. The molecule has 8 heteroatoms. The van der Waals surface area contributed by atoms with Crippen molar-refractivity contribution < 1.29 is 14.4 Å². The highest BCUT2D eigenvalue weighted by Crippen LogP contribution is 2.27. The number of amides is 2. The van der Waals surface area contributed by atoms with Crippen LogP contribution in [-0.4, -0.2) is 27.1 Å². The highest BCUT2D eigenvalue weighted by molar-refractivity contribution is 5.99. The Hall–Kier alpha value is -4.59. The molecule has 36 heavy (non-hydrogen) atoms. The van der Waals surface area contributed by atoms with Crippen molar-refractivity contribution in [3.05, 3.63) is 88.7 Å². The van der Waals surface area contributed by atoms with Gasteiger partial charge in [0.05, 0.1) is 16.7 Å². The molecule has 1 atom stereocenters. The van der Waals surface area contributed by atoms with Gasteiger partial charge >= 0.3 is 0 Å². The number of aromatic nitrogens is 2. The van der Waals surface area contributed by atoms with Gasteiger partial charge in [0.15, 0.2) is 5.78 Å². The number of fused-ring (bicyclic) bond motifs is 1. The van der Waals surface area contributed by atoms with Gasteiger partial charge in [0, 0.05) is 23.7 Å². The van der Waals surface area contributed by atoms with Crippen molar-refractivity contribution in [1.82, 2.24) is 9.55 Å². The number of nitrogens with zero attached hydrogens (tertiary/aromatic N) is 2. The summed E-state index contributed by atoms with van der Waals surface area (Å²) >= 11 is 0. The van der Waals surface area contributed by atoms with Crippen LogP contribution >= 0.6 is 0 Å². The van der Waals surface area contributed by atoms with E-state index in [2.05, 4.69) is 15.6 Å². The number of Topliss-reactive ketones (excluding diaryl/α,β-unsaturated/α-hetero) is 1. The molecule has 0 bridgehead atoms. The summed E-state index contributed by atoms with van der Waals surface area (Å²) in [6, 6.07) is 19.9. The molecule has 1 unspecified atom stereocenters. The minimum Gasteiger partial charge on any atom is -0.326 e. The second-order valence-corrected chi connectivity index (χ2v) is 8.40. The first-order valence-electron chi connectivity index (χ1n) is 11.6. The molecule has 0 aliphatic carbocycles. The van der Waals surface area contributed by atoms with E-state index in [4.69, 9.17) is 0 Å². The third-order valence-corrected chi connectivity index (χ3v) is 5.83. The molecule has 0 spiro atoms. The monoisotopic (exact) mass is 482 g/mol. The average molecular weight is 483 g/mol. The van der Waals surface area contributed by atoms with Gasteiger partial charge in [-0.1, -0.05) is 49.4 Å². The number of nitrogens with one attached hydrogen (secondary N) is 2. The molecular formula is C28H26N4O4. The Labute approximate surface area is 208 Å². The van der Waals surface area contributed by atoms with Crippen LogP contribution in [0.1, 0.15) is 43.6 Å². The molecule has 1 heterocycles. The summed E-state index contributed by atoms with van der Waals surface area (Å²) in [7, 11) is 0. The van der Waals surface area contributed by atoms with Gasteiger partial charge in [-0.15, -0.1) is 0 Å². The second-order valence-electron chi connectivity index (χ2n) is 8.40. The maximum atomic E-state index is 13.9. The van der Waals surface area contributed by atoms with Crippen LogP contribution in [0.25, 0.3) is 22.3 Å². The van der Waals surface area contributed by atoms with Gasteiger partial charge in [-0.3, -0.25) is 23.7 Å². The van der Waals surface area contributed by atoms with Crippen LogP contribution in [0.2, 0.25) is 0 Å². The number of para-hydroxylation sites is 3. The SMILES string of the molecule is CCC(C(=O)Nc1cccc(C(C)=O)c1)n1c(=O)c(-c2ccccc2NC(C)=O)nc2ccccc21. The number of hydrogen-bond acceptors (Lipinski definition) is 5. The van der Waals surface area contributed by atoms with Crippen molar-refractivity contribution in [3.8, 4) is 11.3 Å². The van der Waals surface area contributed by atoms with Gasteiger partial charge in [0.25, 0.3) is 5.56 Å². The normalized spacial score (nSPS) is 11.6. The maximum absolute atomic E-state index is 13.9. The molecule has 1 aromatic heterocycles. The Morgan fingerprint density at radius 2 is 1.64 bits per heavy atom. The summed E-state index contributed by atoms with van der Waals surface area (Å²) in [6.45, 7) is 4.67. The molecule has 2 amide bonds. The van der Waals surface area contributed by atoms with Gasteiger partial charge in [-0.25, -0.2) is 4.98 Å². The number of carbonyl (C=O) groups excluding carboxylic acids is 3. The summed E-state index contributed by atoms with van der Waals surface area (Å²) in [6.07, 6.45) is 0.332. The standard InChI is InChI=1S/C28H26N4O4/c1-4-24(27(35)30-20-11-9-10-19(16-20)17(2)33)32-25-15-8-7-14-23(25)31-26(28(32)36)21-12-5-6-13-22(21)29-18(3)34/h5-16,24H,4H2,1-3H3,(H,29,34)(H,30,35). The van der Waals surface area contributed by atoms with E-state index in [0.717, 1.165) is 0 Å². The van der Waals surface area contributed by atoms with E-state index < -0.39 is 17.5 Å². The molecule has 3 aromatic carbocycles. The molecule has 8 nitrogen and oxygen atoms in total. The highest BCUT2D eigenvalue weighted by atomic mass is 16.2. The van der Waals surface area contributed by atoms with Crippen molar-refractivity contribution in [3.63, 3.8) is 0 Å². The summed E-state index contributed by atoms with van der Waals surface area (Å²) in [5.74, 6) is -0.781. The van der Waals surface area contributed by atoms with Crippen LogP contribution in [0.3, 0.4) is 0 Å². The first kappa shape index (κ1) is 24.5. The van der Waals surface area contributed by atoms with E-state index in [9.17, 15) is 19.2 Å². The van der Waals surface area contributed by atoms with Crippen molar-refractivity contribution in [2.75, 3.05) is 10.6 Å². The fourth-order valence-corrected chi connectivity index (χ4v) is 4.15. The van der Waals surface area contributed by atoms with Crippen molar-refractivity contribution in [2.45, 2.75) is 33.2 Å². The average Bonchev–Trinajstić information content (AvgIpc) is 2.86. The van der Waals surface area contributed by atoms with E-state index in [1.54, 1.807) is 66.7 Å². The van der Waals surface area contributed by atoms with Crippen molar-refractivity contribution in [2.24, 2.45) is 0 Å². The second kappa shape index (κ2) is 10.4. The zero-order chi connectivity index (χ0) is 25.8. The lowest BCUT2D eigenvalue weighted by atomic mass is 10.1.